The van der Waals surface area contributed by atoms with E-state index in [2.05, 4.69) is 20.8 Å². The quantitative estimate of drug-likeness (QED) is 0.713. The Hall–Kier alpha value is -0.0400. The van der Waals surface area contributed by atoms with Crippen molar-refractivity contribution in [2.24, 2.45) is 17.1 Å². The maximum Gasteiger partial charge on any atom is 0.00105 e. The first kappa shape index (κ1) is 11.0. The molecule has 0 aromatic heterocycles. The highest BCUT2D eigenvalue weighted by atomic mass is 14.6. The van der Waals surface area contributed by atoms with E-state index in [0.29, 0.717) is 11.5 Å². The molecule has 2 N–H and O–H groups in total. The molecule has 0 radical (unpaired) electrons. The molecule has 1 fully saturated rings. The van der Waals surface area contributed by atoms with Crippen LogP contribution < -0.4 is 5.73 Å². The summed E-state index contributed by atoms with van der Waals surface area (Å²) in [7, 11) is 0. The van der Waals surface area contributed by atoms with E-state index in [1.807, 2.05) is 0 Å². The lowest BCUT2D eigenvalue weighted by atomic mass is 9.72. The molecule has 1 aliphatic carbocycles. The van der Waals surface area contributed by atoms with Gasteiger partial charge in [-0.25, -0.2) is 0 Å². The van der Waals surface area contributed by atoms with E-state index in [0.717, 1.165) is 5.92 Å². The first-order valence-electron chi connectivity index (χ1n) is 5.75. The van der Waals surface area contributed by atoms with Crippen LogP contribution in [0.4, 0.5) is 0 Å². The van der Waals surface area contributed by atoms with Gasteiger partial charge in [-0.1, -0.05) is 13.8 Å². The van der Waals surface area contributed by atoms with Crippen LogP contribution in [-0.2, 0) is 0 Å². The minimum absolute atomic E-state index is 0.398. The molecule has 13 heavy (non-hydrogen) atoms. The lowest BCUT2D eigenvalue weighted by Gasteiger charge is -2.34. The fraction of sp³-hybridized carbons (Fsp3) is 1.00. The van der Waals surface area contributed by atoms with Crippen molar-refractivity contribution < 1.29 is 0 Å². The van der Waals surface area contributed by atoms with Crippen molar-refractivity contribution >= 4 is 0 Å². The summed E-state index contributed by atoms with van der Waals surface area (Å²) >= 11 is 0. The van der Waals surface area contributed by atoms with E-state index in [1.165, 1.54) is 38.5 Å². The van der Waals surface area contributed by atoms with E-state index in [-0.39, 0.29) is 0 Å². The van der Waals surface area contributed by atoms with Gasteiger partial charge in [-0.05, 0) is 56.8 Å². The molecule has 1 atom stereocenters. The molecule has 78 valence electrons. The Morgan fingerprint density at radius 2 is 1.85 bits per heavy atom. The molecule has 0 spiro atoms. The minimum Gasteiger partial charge on any atom is -0.328 e. The smallest absolute Gasteiger partial charge is 0.00105 e. The Labute approximate surface area is 83.1 Å². The van der Waals surface area contributed by atoms with Gasteiger partial charge in [-0.15, -0.1) is 0 Å². The van der Waals surface area contributed by atoms with E-state index >= 15 is 0 Å². The summed E-state index contributed by atoms with van der Waals surface area (Å²) in [6, 6.07) is 0.398. The van der Waals surface area contributed by atoms with Gasteiger partial charge in [0.05, 0.1) is 0 Å². The molecule has 0 saturated heterocycles. The molecule has 0 aromatic rings. The molecule has 0 heterocycles. The summed E-state index contributed by atoms with van der Waals surface area (Å²) in [5.41, 5.74) is 6.38. The maximum atomic E-state index is 5.76. The first-order valence-corrected chi connectivity index (χ1v) is 5.75. The highest BCUT2D eigenvalue weighted by Crippen LogP contribution is 2.39. The van der Waals surface area contributed by atoms with Crippen LogP contribution in [0.15, 0.2) is 0 Å². The summed E-state index contributed by atoms with van der Waals surface area (Å²) in [4.78, 5) is 0. The highest BCUT2D eigenvalue weighted by molar-refractivity contribution is 4.78. The van der Waals surface area contributed by atoms with Crippen molar-refractivity contribution in [3.63, 3.8) is 0 Å². The minimum atomic E-state index is 0.398. The van der Waals surface area contributed by atoms with E-state index in [9.17, 15) is 0 Å². The first-order chi connectivity index (χ1) is 5.99. The summed E-state index contributed by atoms with van der Waals surface area (Å²) < 4.78 is 0. The standard InChI is InChI=1S/C12H25N/c1-10(13)4-5-11-6-8-12(2,3)9-7-11/h10-11H,4-9,13H2,1-3H3. The summed E-state index contributed by atoms with van der Waals surface area (Å²) in [5, 5.41) is 0. The predicted octanol–water partition coefficient (Wildman–Crippen LogP) is 3.33. The fourth-order valence-corrected chi connectivity index (χ4v) is 2.25. The Kier molecular flexibility index (Phi) is 3.78. The molecule has 0 aromatic carbocycles. The van der Waals surface area contributed by atoms with Crippen LogP contribution >= 0.6 is 0 Å². The second kappa shape index (κ2) is 4.45. The molecular weight excluding hydrogens is 158 g/mol. The summed E-state index contributed by atoms with van der Waals surface area (Å²) in [6.45, 7) is 6.91. The SMILES string of the molecule is CC(N)CCC1CCC(C)(C)CC1. The molecule has 0 amide bonds. The van der Waals surface area contributed by atoms with E-state index in [4.69, 9.17) is 5.73 Å². The lowest BCUT2D eigenvalue weighted by molar-refractivity contribution is 0.182. The largest absolute Gasteiger partial charge is 0.328 e. The van der Waals surface area contributed by atoms with Gasteiger partial charge in [0, 0.05) is 6.04 Å². The highest BCUT2D eigenvalue weighted by Gasteiger charge is 2.26. The second-order valence-electron chi connectivity index (χ2n) is 5.66. The Morgan fingerprint density at radius 1 is 1.31 bits per heavy atom. The van der Waals surface area contributed by atoms with Crippen LogP contribution in [0.1, 0.15) is 59.3 Å². The second-order valence-corrected chi connectivity index (χ2v) is 5.66. The van der Waals surface area contributed by atoms with Gasteiger partial charge in [0.1, 0.15) is 0 Å². The molecule has 0 aliphatic heterocycles. The number of nitrogens with two attached hydrogens (primary N) is 1. The average molecular weight is 183 g/mol. The number of rotatable bonds is 3. The van der Waals surface area contributed by atoms with Crippen molar-refractivity contribution in [2.45, 2.75) is 65.3 Å². The van der Waals surface area contributed by atoms with Crippen LogP contribution in [0.2, 0.25) is 0 Å². The average Bonchev–Trinajstić information content (AvgIpc) is 2.02. The van der Waals surface area contributed by atoms with Crippen molar-refractivity contribution in [2.75, 3.05) is 0 Å². The van der Waals surface area contributed by atoms with Gasteiger partial charge in [-0.3, -0.25) is 0 Å². The third-order valence-corrected chi connectivity index (χ3v) is 3.49. The molecule has 1 aliphatic rings. The molecule has 1 nitrogen and oxygen atoms in total. The summed E-state index contributed by atoms with van der Waals surface area (Å²) in [6.07, 6.45) is 8.26. The predicted molar refractivity (Wildman–Crippen MR) is 58.6 cm³/mol. The zero-order valence-electron chi connectivity index (χ0n) is 9.47. The fourth-order valence-electron chi connectivity index (χ4n) is 2.25. The van der Waals surface area contributed by atoms with Crippen molar-refractivity contribution in [3.05, 3.63) is 0 Å². The van der Waals surface area contributed by atoms with E-state index < -0.39 is 0 Å². The van der Waals surface area contributed by atoms with Gasteiger partial charge in [0.15, 0.2) is 0 Å². The maximum absolute atomic E-state index is 5.76. The zero-order chi connectivity index (χ0) is 9.90. The van der Waals surface area contributed by atoms with Crippen LogP contribution in [0.25, 0.3) is 0 Å². The van der Waals surface area contributed by atoms with Crippen molar-refractivity contribution in [3.8, 4) is 0 Å². The topological polar surface area (TPSA) is 26.0 Å². The van der Waals surface area contributed by atoms with Crippen LogP contribution in [0.5, 0.6) is 0 Å². The molecule has 1 heteroatoms. The lowest BCUT2D eigenvalue weighted by Crippen LogP contribution is -2.23. The number of hydrogen-bond donors (Lipinski definition) is 1. The molecule has 1 unspecified atom stereocenters. The number of hydrogen-bond acceptors (Lipinski definition) is 1. The third kappa shape index (κ3) is 4.12. The molecule has 1 saturated carbocycles. The Balaban J connectivity index is 2.18. The Bertz CT molecular complexity index is 136. The van der Waals surface area contributed by atoms with Gasteiger partial charge in [0.2, 0.25) is 0 Å². The van der Waals surface area contributed by atoms with Gasteiger partial charge in [-0.2, -0.15) is 0 Å². The molecular formula is C12H25N. The van der Waals surface area contributed by atoms with Crippen molar-refractivity contribution in [1.29, 1.82) is 0 Å². The summed E-state index contributed by atoms with van der Waals surface area (Å²) in [5.74, 6) is 0.971. The van der Waals surface area contributed by atoms with Crippen LogP contribution in [0, 0.1) is 11.3 Å². The van der Waals surface area contributed by atoms with Crippen molar-refractivity contribution in [1.82, 2.24) is 0 Å². The van der Waals surface area contributed by atoms with Gasteiger partial charge < -0.3 is 5.73 Å². The monoisotopic (exact) mass is 183 g/mol. The van der Waals surface area contributed by atoms with Gasteiger partial charge in [0.25, 0.3) is 0 Å². The van der Waals surface area contributed by atoms with Crippen LogP contribution in [0.3, 0.4) is 0 Å². The third-order valence-electron chi connectivity index (χ3n) is 3.49. The molecule has 0 bridgehead atoms. The van der Waals surface area contributed by atoms with E-state index in [1.54, 1.807) is 0 Å². The Morgan fingerprint density at radius 3 is 2.31 bits per heavy atom. The van der Waals surface area contributed by atoms with Crippen LogP contribution in [-0.4, -0.2) is 6.04 Å². The normalized spacial score (nSPS) is 25.8. The zero-order valence-corrected chi connectivity index (χ0v) is 9.47. The van der Waals surface area contributed by atoms with Gasteiger partial charge >= 0.3 is 0 Å². The molecule has 1 rings (SSSR count).